The maximum absolute atomic E-state index is 13.9. The van der Waals surface area contributed by atoms with Crippen LogP contribution >= 0.6 is 0 Å². The molecule has 7 rings (SSSR count). The van der Waals surface area contributed by atoms with Crippen LogP contribution in [-0.4, -0.2) is 79.1 Å². The Kier molecular flexibility index (Phi) is 6.60. The summed E-state index contributed by atoms with van der Waals surface area (Å²) in [7, 11) is 2.83. The van der Waals surface area contributed by atoms with Gasteiger partial charge in [0.1, 0.15) is 0 Å². The third kappa shape index (κ3) is 4.13. The Balaban J connectivity index is 1.41. The SMILES string of the molecule is COC(=O)C[C@](O)(CCCC(C)C)C(=O)O[C@H]1[C@@H]2c3cc4c(cc3[C@H]3CN5CCC[C@]25C[C@]1(OC)O3)OCO4. The predicted molar refractivity (Wildman–Crippen MR) is 137 cm³/mol. The standard InChI is InChI=1S/C29H39NO9/c1-17(2)7-5-9-28(33,13-23(31)34-3)26(32)38-25-24-19-12-21-20(36-16-37-21)11-18(19)22-14-30-10-6-8-27(24,30)15-29(25,35-4)39-22/h11-12,17,22,24-25,33H,5-10,13-16H2,1-4H3/t22-,24+,25+,27+,28-,29+/m1/s1. The van der Waals surface area contributed by atoms with Gasteiger partial charge in [0.15, 0.2) is 23.2 Å². The van der Waals surface area contributed by atoms with E-state index in [0.29, 0.717) is 36.8 Å². The van der Waals surface area contributed by atoms with Gasteiger partial charge >= 0.3 is 11.9 Å². The molecule has 39 heavy (non-hydrogen) atoms. The zero-order chi connectivity index (χ0) is 27.6. The van der Waals surface area contributed by atoms with E-state index in [-0.39, 0.29) is 30.8 Å². The lowest BCUT2D eigenvalue weighted by Gasteiger charge is -2.40. The molecule has 3 fully saturated rings. The first-order valence-corrected chi connectivity index (χ1v) is 14.1. The normalized spacial score (nSPS) is 33.4. The van der Waals surface area contributed by atoms with E-state index in [1.165, 1.54) is 7.11 Å². The van der Waals surface area contributed by atoms with Gasteiger partial charge in [-0.2, -0.15) is 0 Å². The van der Waals surface area contributed by atoms with Crippen molar-refractivity contribution in [2.24, 2.45) is 5.92 Å². The van der Waals surface area contributed by atoms with Crippen LogP contribution in [0.25, 0.3) is 0 Å². The number of carbonyl (C=O) groups is 2. The molecular formula is C29H39NO9. The molecule has 0 radical (unpaired) electrons. The van der Waals surface area contributed by atoms with E-state index in [0.717, 1.165) is 36.9 Å². The summed E-state index contributed by atoms with van der Waals surface area (Å²) in [4.78, 5) is 28.7. The molecule has 6 aliphatic rings. The Morgan fingerprint density at radius 3 is 2.64 bits per heavy atom. The van der Waals surface area contributed by atoms with Gasteiger partial charge in [-0.15, -0.1) is 0 Å². The van der Waals surface area contributed by atoms with Crippen LogP contribution in [0.2, 0.25) is 0 Å². The molecule has 2 saturated heterocycles. The molecular weight excluding hydrogens is 506 g/mol. The largest absolute Gasteiger partial charge is 0.469 e. The lowest BCUT2D eigenvalue weighted by atomic mass is 9.78. The summed E-state index contributed by atoms with van der Waals surface area (Å²) >= 11 is 0. The van der Waals surface area contributed by atoms with Gasteiger partial charge in [-0.05, 0) is 61.4 Å². The van der Waals surface area contributed by atoms with Crippen molar-refractivity contribution in [1.82, 2.24) is 4.90 Å². The van der Waals surface area contributed by atoms with E-state index in [1.54, 1.807) is 7.11 Å². The minimum Gasteiger partial charge on any atom is -0.469 e. The van der Waals surface area contributed by atoms with Crippen molar-refractivity contribution in [3.8, 4) is 11.5 Å². The summed E-state index contributed by atoms with van der Waals surface area (Å²) in [5.74, 6) is -1.28. The van der Waals surface area contributed by atoms with Gasteiger partial charge in [0.25, 0.3) is 0 Å². The minimum atomic E-state index is -2.02. The molecule has 4 bridgehead atoms. The number of carbonyl (C=O) groups excluding carboxylic acids is 2. The molecule has 0 amide bonds. The molecule has 0 aromatic heterocycles. The second kappa shape index (κ2) is 9.61. The van der Waals surface area contributed by atoms with E-state index < -0.39 is 35.9 Å². The van der Waals surface area contributed by atoms with Crippen LogP contribution in [0.15, 0.2) is 12.1 Å². The lowest BCUT2D eigenvalue weighted by molar-refractivity contribution is -0.284. The Morgan fingerprint density at radius 2 is 1.95 bits per heavy atom. The smallest absolute Gasteiger partial charge is 0.339 e. The molecule has 5 heterocycles. The predicted octanol–water partition coefficient (Wildman–Crippen LogP) is 3.20. The monoisotopic (exact) mass is 545 g/mol. The van der Waals surface area contributed by atoms with Crippen molar-refractivity contribution in [3.63, 3.8) is 0 Å². The fraction of sp³-hybridized carbons (Fsp3) is 0.724. The van der Waals surface area contributed by atoms with Crippen LogP contribution in [0.4, 0.5) is 0 Å². The highest BCUT2D eigenvalue weighted by molar-refractivity contribution is 5.86. The van der Waals surface area contributed by atoms with Crippen LogP contribution in [-0.2, 0) is 28.5 Å². The molecule has 10 heteroatoms. The Hall–Kier alpha value is -2.40. The average Bonchev–Trinajstić information content (AvgIpc) is 3.52. The van der Waals surface area contributed by atoms with Crippen molar-refractivity contribution in [2.45, 2.75) is 93.8 Å². The van der Waals surface area contributed by atoms with Crippen LogP contribution in [0.1, 0.15) is 81.9 Å². The van der Waals surface area contributed by atoms with Crippen molar-refractivity contribution in [2.75, 3.05) is 34.1 Å². The van der Waals surface area contributed by atoms with E-state index in [2.05, 4.69) is 18.7 Å². The molecule has 1 aliphatic carbocycles. The van der Waals surface area contributed by atoms with Gasteiger partial charge in [0.05, 0.1) is 19.6 Å². The molecule has 0 unspecified atom stereocenters. The molecule has 1 aromatic carbocycles. The Bertz CT molecular complexity index is 1160. The number of aliphatic hydroxyl groups is 1. The van der Waals surface area contributed by atoms with Gasteiger partial charge in [-0.25, -0.2) is 4.79 Å². The van der Waals surface area contributed by atoms with Crippen molar-refractivity contribution >= 4 is 11.9 Å². The van der Waals surface area contributed by atoms with Crippen molar-refractivity contribution in [3.05, 3.63) is 23.3 Å². The van der Waals surface area contributed by atoms with E-state index in [4.69, 9.17) is 28.4 Å². The molecule has 1 aromatic rings. The molecule has 1 N–H and O–H groups in total. The topological polar surface area (TPSA) is 113 Å². The highest BCUT2D eigenvalue weighted by Crippen LogP contribution is 2.65. The molecule has 1 saturated carbocycles. The highest BCUT2D eigenvalue weighted by Gasteiger charge is 2.72. The summed E-state index contributed by atoms with van der Waals surface area (Å²) in [6.07, 6.45) is 2.28. The fourth-order valence-corrected chi connectivity index (χ4v) is 7.67. The Labute approximate surface area is 228 Å². The molecule has 5 aliphatic heterocycles. The quantitative estimate of drug-likeness (QED) is 0.464. The zero-order valence-electron chi connectivity index (χ0n) is 23.2. The number of hydrogen-bond donors (Lipinski definition) is 1. The first-order valence-electron chi connectivity index (χ1n) is 14.1. The third-order valence-electron chi connectivity index (χ3n) is 9.52. The molecule has 10 nitrogen and oxygen atoms in total. The van der Waals surface area contributed by atoms with Gasteiger partial charge in [-0.1, -0.05) is 20.3 Å². The van der Waals surface area contributed by atoms with Gasteiger partial charge in [0, 0.05) is 31.5 Å². The van der Waals surface area contributed by atoms with Gasteiger partial charge in [-0.3, -0.25) is 9.69 Å². The second-order valence-electron chi connectivity index (χ2n) is 12.2. The summed E-state index contributed by atoms with van der Waals surface area (Å²) in [6.45, 7) is 5.93. The first-order chi connectivity index (χ1) is 18.6. The number of rotatable bonds is 9. The van der Waals surface area contributed by atoms with Crippen molar-refractivity contribution < 1.29 is 43.1 Å². The first kappa shape index (κ1) is 26.8. The van der Waals surface area contributed by atoms with Crippen molar-refractivity contribution in [1.29, 1.82) is 0 Å². The van der Waals surface area contributed by atoms with Crippen LogP contribution in [0.5, 0.6) is 11.5 Å². The number of esters is 2. The molecule has 214 valence electrons. The van der Waals surface area contributed by atoms with Gasteiger partial charge in [0.2, 0.25) is 12.6 Å². The summed E-state index contributed by atoms with van der Waals surface area (Å²) < 4.78 is 35.5. The highest BCUT2D eigenvalue weighted by atomic mass is 16.7. The van der Waals surface area contributed by atoms with Crippen LogP contribution < -0.4 is 9.47 Å². The number of benzene rings is 1. The number of nitrogens with zero attached hydrogens (tertiary/aromatic N) is 1. The fourth-order valence-electron chi connectivity index (χ4n) is 7.67. The number of methoxy groups -OCH3 is 2. The maximum Gasteiger partial charge on any atom is 0.339 e. The second-order valence-corrected chi connectivity index (χ2v) is 12.2. The van der Waals surface area contributed by atoms with E-state index in [1.807, 2.05) is 12.1 Å². The summed E-state index contributed by atoms with van der Waals surface area (Å²) in [5, 5.41) is 11.6. The summed E-state index contributed by atoms with van der Waals surface area (Å²) in [6, 6.07) is 3.99. The summed E-state index contributed by atoms with van der Waals surface area (Å²) in [5.41, 5.74) is -0.377. The Morgan fingerprint density at radius 1 is 1.21 bits per heavy atom. The lowest BCUT2D eigenvalue weighted by Crippen LogP contribution is -2.52. The molecule has 6 atom stereocenters. The van der Waals surface area contributed by atoms with Crippen LogP contribution in [0, 0.1) is 5.92 Å². The minimum absolute atomic E-state index is 0.0898. The average molecular weight is 546 g/mol. The third-order valence-corrected chi connectivity index (χ3v) is 9.52. The van der Waals surface area contributed by atoms with Crippen LogP contribution in [0.3, 0.4) is 0 Å². The zero-order valence-corrected chi connectivity index (χ0v) is 23.2. The van der Waals surface area contributed by atoms with E-state index >= 15 is 0 Å². The number of fused-ring (bicyclic) bond motifs is 1. The number of ether oxygens (including phenoxy) is 6. The molecule has 1 spiro atoms. The number of hydrogen-bond acceptors (Lipinski definition) is 10. The van der Waals surface area contributed by atoms with Gasteiger partial charge < -0.3 is 33.5 Å². The van der Waals surface area contributed by atoms with E-state index in [9.17, 15) is 14.7 Å². The maximum atomic E-state index is 13.9.